The highest BCUT2D eigenvalue weighted by atomic mass is 15.2. The number of para-hydroxylation sites is 1. The smallest absolute Gasteiger partial charge is 0.180 e. The van der Waals surface area contributed by atoms with Crippen LogP contribution in [-0.2, 0) is 0 Å². The number of benzene rings is 1. The molecule has 0 atom stereocenters. The third kappa shape index (κ3) is 1.65. The molecule has 12 heavy (non-hydrogen) atoms. The van der Waals surface area contributed by atoms with Gasteiger partial charge in [-0.15, -0.1) is 4.90 Å². The van der Waals surface area contributed by atoms with Crippen molar-refractivity contribution in [1.29, 1.82) is 0 Å². The molecule has 2 rings (SSSR count). The van der Waals surface area contributed by atoms with Crippen LogP contribution in [-0.4, -0.2) is 26.2 Å². The van der Waals surface area contributed by atoms with E-state index in [1.807, 2.05) is 0 Å². The third-order valence-electron chi connectivity index (χ3n) is 2.24. The molecule has 0 amide bonds. The van der Waals surface area contributed by atoms with E-state index >= 15 is 0 Å². The van der Waals surface area contributed by atoms with E-state index in [-0.39, 0.29) is 0 Å². The molecule has 0 spiro atoms. The van der Waals surface area contributed by atoms with Gasteiger partial charge >= 0.3 is 0 Å². The third-order valence-corrected chi connectivity index (χ3v) is 2.24. The zero-order chi connectivity index (χ0) is 8.23. The highest BCUT2D eigenvalue weighted by Crippen LogP contribution is 2.12. The largest absolute Gasteiger partial charge is 0.306 e. The van der Waals surface area contributed by atoms with Crippen LogP contribution in [0.15, 0.2) is 30.3 Å². The standard InChI is InChI=1S/C10H14N2/c1-2-4-10(5-3-1)12-8-6-11-7-9-12/h1-5,11H,6-9H2/q+1. The molecule has 1 N–H and O–H groups in total. The van der Waals surface area contributed by atoms with Gasteiger partial charge in [0.1, 0.15) is 13.1 Å². The molecule has 0 unspecified atom stereocenters. The van der Waals surface area contributed by atoms with E-state index in [9.17, 15) is 0 Å². The van der Waals surface area contributed by atoms with Crippen LogP contribution in [0.4, 0.5) is 5.69 Å². The number of hydrogen-bond donors (Lipinski definition) is 1. The molecule has 1 aromatic carbocycles. The molecule has 1 saturated heterocycles. The summed E-state index contributed by atoms with van der Waals surface area (Å²) >= 11 is 0. The van der Waals surface area contributed by atoms with Gasteiger partial charge in [0.05, 0.1) is 13.1 Å². The van der Waals surface area contributed by atoms with Crippen LogP contribution in [0.2, 0.25) is 0 Å². The minimum Gasteiger partial charge on any atom is -0.306 e. The van der Waals surface area contributed by atoms with Crippen molar-refractivity contribution in [3.63, 3.8) is 0 Å². The molecule has 1 aliphatic rings. The molecule has 2 heteroatoms. The Kier molecular flexibility index (Phi) is 2.39. The highest BCUT2D eigenvalue weighted by Gasteiger charge is 2.20. The molecule has 0 aliphatic carbocycles. The Labute approximate surface area is 73.2 Å². The van der Waals surface area contributed by atoms with Crippen LogP contribution in [0, 0.1) is 0 Å². The summed E-state index contributed by atoms with van der Waals surface area (Å²) in [6, 6.07) is 10.6. The molecular formula is C10H14N2+. The van der Waals surface area contributed by atoms with Gasteiger partial charge in [0, 0.05) is 12.1 Å². The second-order valence-corrected chi connectivity index (χ2v) is 3.07. The summed E-state index contributed by atoms with van der Waals surface area (Å²) in [5, 5.41) is 3.34. The van der Waals surface area contributed by atoms with Crippen molar-refractivity contribution in [2.75, 3.05) is 26.2 Å². The normalized spacial score (nSPS) is 19.3. The van der Waals surface area contributed by atoms with E-state index in [0.717, 1.165) is 26.2 Å². The highest BCUT2D eigenvalue weighted by molar-refractivity contribution is 5.38. The molecule has 2 nitrogen and oxygen atoms in total. The molecule has 0 bridgehead atoms. The molecule has 1 aliphatic heterocycles. The molecule has 1 radical (unpaired) electrons. The van der Waals surface area contributed by atoms with Crippen LogP contribution < -0.4 is 10.2 Å². The molecule has 1 aromatic rings. The lowest BCUT2D eigenvalue weighted by atomic mass is 10.2. The topological polar surface area (TPSA) is 17.9 Å². The van der Waals surface area contributed by atoms with Crippen molar-refractivity contribution in [1.82, 2.24) is 10.2 Å². The van der Waals surface area contributed by atoms with Crippen molar-refractivity contribution in [2.24, 2.45) is 0 Å². The van der Waals surface area contributed by atoms with Gasteiger partial charge in [-0.1, -0.05) is 18.2 Å². The Bertz CT molecular complexity index is 227. The van der Waals surface area contributed by atoms with Crippen LogP contribution in [0.25, 0.3) is 0 Å². The monoisotopic (exact) mass is 162 g/mol. The average molecular weight is 162 g/mol. The van der Waals surface area contributed by atoms with E-state index in [1.54, 1.807) is 0 Å². The summed E-state index contributed by atoms with van der Waals surface area (Å²) in [6.07, 6.45) is 0. The predicted molar refractivity (Wildman–Crippen MR) is 50.8 cm³/mol. The van der Waals surface area contributed by atoms with Crippen LogP contribution in [0.5, 0.6) is 0 Å². The lowest BCUT2D eigenvalue weighted by molar-refractivity contribution is 0.439. The summed E-state index contributed by atoms with van der Waals surface area (Å²) in [5.41, 5.74) is 1.35. The lowest BCUT2D eigenvalue weighted by Gasteiger charge is -2.16. The maximum absolute atomic E-state index is 3.34. The summed E-state index contributed by atoms with van der Waals surface area (Å²) in [7, 11) is 0. The van der Waals surface area contributed by atoms with Gasteiger partial charge in [0.2, 0.25) is 0 Å². The van der Waals surface area contributed by atoms with E-state index in [2.05, 4.69) is 40.5 Å². The first-order valence-corrected chi connectivity index (χ1v) is 4.47. The van der Waals surface area contributed by atoms with Gasteiger partial charge in [-0.3, -0.25) is 0 Å². The predicted octanol–water partition coefficient (Wildman–Crippen LogP) is 1.06. The van der Waals surface area contributed by atoms with Gasteiger partial charge in [-0.2, -0.15) is 0 Å². The van der Waals surface area contributed by atoms with Crippen molar-refractivity contribution in [2.45, 2.75) is 0 Å². The van der Waals surface area contributed by atoms with Gasteiger partial charge in [0.15, 0.2) is 5.69 Å². The van der Waals surface area contributed by atoms with Gasteiger partial charge in [-0.25, -0.2) is 0 Å². The van der Waals surface area contributed by atoms with Crippen molar-refractivity contribution < 1.29 is 0 Å². The Morgan fingerprint density at radius 3 is 2.33 bits per heavy atom. The average Bonchev–Trinajstić information content (AvgIpc) is 2.21. The fraction of sp³-hybridized carbons (Fsp3) is 0.400. The van der Waals surface area contributed by atoms with Gasteiger partial charge in [0.25, 0.3) is 0 Å². The van der Waals surface area contributed by atoms with E-state index in [1.165, 1.54) is 5.69 Å². The molecular weight excluding hydrogens is 148 g/mol. The minimum atomic E-state index is 1.11. The van der Waals surface area contributed by atoms with Gasteiger partial charge < -0.3 is 5.32 Å². The Morgan fingerprint density at radius 2 is 1.67 bits per heavy atom. The molecule has 0 aromatic heterocycles. The zero-order valence-corrected chi connectivity index (χ0v) is 7.16. The number of piperazine rings is 1. The first-order valence-electron chi connectivity index (χ1n) is 4.47. The second kappa shape index (κ2) is 3.70. The van der Waals surface area contributed by atoms with Crippen molar-refractivity contribution in [3.05, 3.63) is 30.3 Å². The number of hydrogen-bond acceptors (Lipinski definition) is 2. The summed E-state index contributed by atoms with van der Waals surface area (Å²) in [4.78, 5) is 2.41. The Morgan fingerprint density at radius 1 is 1.00 bits per heavy atom. The van der Waals surface area contributed by atoms with Crippen molar-refractivity contribution >= 4 is 5.69 Å². The van der Waals surface area contributed by atoms with E-state index in [4.69, 9.17) is 0 Å². The zero-order valence-electron chi connectivity index (χ0n) is 7.16. The van der Waals surface area contributed by atoms with E-state index in [0.29, 0.717) is 0 Å². The molecule has 0 saturated carbocycles. The molecule has 63 valence electrons. The quantitative estimate of drug-likeness (QED) is 0.611. The van der Waals surface area contributed by atoms with Crippen molar-refractivity contribution in [3.8, 4) is 0 Å². The number of nitrogens with one attached hydrogen (secondary N) is 1. The Hall–Kier alpha value is -0.860. The number of rotatable bonds is 1. The summed E-state index contributed by atoms with van der Waals surface area (Å²) in [6.45, 7) is 4.47. The summed E-state index contributed by atoms with van der Waals surface area (Å²) in [5.74, 6) is 0. The maximum atomic E-state index is 3.34. The van der Waals surface area contributed by atoms with Crippen LogP contribution in [0.3, 0.4) is 0 Å². The maximum Gasteiger partial charge on any atom is 0.180 e. The first kappa shape index (κ1) is 7.77. The lowest BCUT2D eigenvalue weighted by Crippen LogP contribution is -2.44. The van der Waals surface area contributed by atoms with E-state index < -0.39 is 0 Å². The van der Waals surface area contributed by atoms with Crippen LogP contribution in [0.1, 0.15) is 0 Å². The SMILES string of the molecule is c1ccc([N+]2CCNCC2)cc1. The molecule has 1 fully saturated rings. The Balaban J connectivity index is 2.08. The second-order valence-electron chi connectivity index (χ2n) is 3.07. The summed E-state index contributed by atoms with van der Waals surface area (Å²) < 4.78 is 0. The molecule has 1 heterocycles. The number of anilines is 1. The van der Waals surface area contributed by atoms with Gasteiger partial charge in [-0.05, 0) is 0 Å². The number of nitrogens with zero attached hydrogens (tertiary/aromatic N) is 1. The first-order chi connectivity index (χ1) is 5.97. The fourth-order valence-electron chi connectivity index (χ4n) is 1.56. The minimum absolute atomic E-state index is 1.11. The fourth-order valence-corrected chi connectivity index (χ4v) is 1.56. The van der Waals surface area contributed by atoms with Crippen LogP contribution >= 0.6 is 0 Å².